The summed E-state index contributed by atoms with van der Waals surface area (Å²) in [5, 5.41) is 5.21. The van der Waals surface area contributed by atoms with Crippen LogP contribution in [0, 0.1) is 6.92 Å². The SMILES string of the molecule is Cc1cc(NC(=O)C(=O)NC2CC2)ccc1Br. The Morgan fingerprint density at radius 1 is 1.29 bits per heavy atom. The fourth-order valence-corrected chi connectivity index (χ4v) is 1.64. The summed E-state index contributed by atoms with van der Waals surface area (Å²) >= 11 is 3.37. The first kappa shape index (κ1) is 12.1. The van der Waals surface area contributed by atoms with Gasteiger partial charge in [0.1, 0.15) is 0 Å². The lowest BCUT2D eigenvalue weighted by Gasteiger charge is -2.07. The van der Waals surface area contributed by atoms with Gasteiger partial charge in [0.25, 0.3) is 0 Å². The number of amides is 2. The van der Waals surface area contributed by atoms with Crippen LogP contribution in [0.2, 0.25) is 0 Å². The molecule has 0 heterocycles. The van der Waals surface area contributed by atoms with Gasteiger partial charge < -0.3 is 10.6 Å². The van der Waals surface area contributed by atoms with E-state index in [0.717, 1.165) is 22.9 Å². The van der Waals surface area contributed by atoms with E-state index in [-0.39, 0.29) is 6.04 Å². The van der Waals surface area contributed by atoms with E-state index in [9.17, 15) is 9.59 Å². The van der Waals surface area contributed by atoms with Crippen LogP contribution < -0.4 is 10.6 Å². The van der Waals surface area contributed by atoms with Crippen LogP contribution in [0.25, 0.3) is 0 Å². The standard InChI is InChI=1S/C12H13BrN2O2/c1-7-6-9(4-5-10(7)13)15-12(17)11(16)14-8-2-3-8/h4-6,8H,2-3H2,1H3,(H,14,16)(H,15,17). The zero-order valence-corrected chi connectivity index (χ0v) is 11.0. The van der Waals surface area contributed by atoms with Gasteiger partial charge in [0.05, 0.1) is 0 Å². The van der Waals surface area contributed by atoms with E-state index in [1.54, 1.807) is 6.07 Å². The molecule has 17 heavy (non-hydrogen) atoms. The summed E-state index contributed by atoms with van der Waals surface area (Å²) in [4.78, 5) is 23.0. The number of carbonyl (C=O) groups is 2. The van der Waals surface area contributed by atoms with Gasteiger partial charge in [-0.3, -0.25) is 9.59 Å². The van der Waals surface area contributed by atoms with Crippen molar-refractivity contribution in [3.05, 3.63) is 28.2 Å². The third kappa shape index (κ3) is 3.30. The second-order valence-corrected chi connectivity index (χ2v) is 5.02. The van der Waals surface area contributed by atoms with Crippen LogP contribution >= 0.6 is 15.9 Å². The molecule has 5 heteroatoms. The number of aryl methyl sites for hydroxylation is 1. The lowest BCUT2D eigenvalue weighted by Crippen LogP contribution is -2.36. The van der Waals surface area contributed by atoms with Crippen molar-refractivity contribution in [3.63, 3.8) is 0 Å². The molecule has 0 bridgehead atoms. The summed E-state index contributed by atoms with van der Waals surface area (Å²) in [6, 6.07) is 5.59. The van der Waals surface area contributed by atoms with Crippen LogP contribution in [0.1, 0.15) is 18.4 Å². The molecule has 1 aliphatic carbocycles. The number of nitrogens with one attached hydrogen (secondary N) is 2. The Kier molecular flexibility index (Phi) is 3.47. The summed E-state index contributed by atoms with van der Waals surface area (Å²) in [6.45, 7) is 1.92. The molecular weight excluding hydrogens is 284 g/mol. The zero-order valence-electron chi connectivity index (χ0n) is 9.42. The van der Waals surface area contributed by atoms with Gasteiger partial charge in [0.15, 0.2) is 0 Å². The van der Waals surface area contributed by atoms with Gasteiger partial charge in [-0.1, -0.05) is 15.9 Å². The third-order valence-corrected chi connectivity index (χ3v) is 3.42. The van der Waals surface area contributed by atoms with Crippen molar-refractivity contribution < 1.29 is 9.59 Å². The van der Waals surface area contributed by atoms with Gasteiger partial charge in [-0.05, 0) is 43.5 Å². The molecule has 0 radical (unpaired) electrons. The van der Waals surface area contributed by atoms with Crippen molar-refractivity contribution in [2.75, 3.05) is 5.32 Å². The maximum absolute atomic E-state index is 11.5. The predicted molar refractivity (Wildman–Crippen MR) is 68.7 cm³/mol. The van der Waals surface area contributed by atoms with Gasteiger partial charge in [0.2, 0.25) is 0 Å². The van der Waals surface area contributed by atoms with Crippen LogP contribution in [-0.2, 0) is 9.59 Å². The zero-order chi connectivity index (χ0) is 12.4. The summed E-state index contributed by atoms with van der Waals surface area (Å²) in [5.41, 5.74) is 1.63. The molecule has 90 valence electrons. The summed E-state index contributed by atoms with van der Waals surface area (Å²) < 4.78 is 0.970. The van der Waals surface area contributed by atoms with Crippen molar-refractivity contribution in [2.45, 2.75) is 25.8 Å². The van der Waals surface area contributed by atoms with Crippen molar-refractivity contribution >= 4 is 33.4 Å². The molecule has 0 saturated heterocycles. The van der Waals surface area contributed by atoms with Crippen LogP contribution in [0.3, 0.4) is 0 Å². The Hall–Kier alpha value is -1.36. The number of hydrogen-bond donors (Lipinski definition) is 2. The van der Waals surface area contributed by atoms with E-state index in [2.05, 4.69) is 26.6 Å². The molecule has 0 atom stereocenters. The second kappa shape index (κ2) is 4.87. The quantitative estimate of drug-likeness (QED) is 0.820. The van der Waals surface area contributed by atoms with E-state index < -0.39 is 11.8 Å². The monoisotopic (exact) mass is 296 g/mol. The summed E-state index contributed by atoms with van der Waals surface area (Å²) in [7, 11) is 0. The minimum absolute atomic E-state index is 0.194. The number of carbonyl (C=O) groups excluding carboxylic acids is 2. The van der Waals surface area contributed by atoms with Crippen molar-refractivity contribution in [3.8, 4) is 0 Å². The van der Waals surface area contributed by atoms with Gasteiger partial charge >= 0.3 is 11.8 Å². The van der Waals surface area contributed by atoms with Crippen LogP contribution in [0.15, 0.2) is 22.7 Å². The molecule has 0 spiro atoms. The molecule has 2 amide bonds. The molecule has 2 rings (SSSR count). The topological polar surface area (TPSA) is 58.2 Å². The van der Waals surface area contributed by atoms with E-state index in [0.29, 0.717) is 5.69 Å². The maximum atomic E-state index is 11.5. The average Bonchev–Trinajstić information content (AvgIpc) is 3.07. The largest absolute Gasteiger partial charge is 0.345 e. The minimum atomic E-state index is -0.612. The van der Waals surface area contributed by atoms with E-state index in [1.165, 1.54) is 0 Å². The molecule has 4 nitrogen and oxygen atoms in total. The second-order valence-electron chi connectivity index (χ2n) is 4.17. The highest BCUT2D eigenvalue weighted by molar-refractivity contribution is 9.10. The first-order chi connectivity index (χ1) is 8.06. The lowest BCUT2D eigenvalue weighted by atomic mass is 10.2. The van der Waals surface area contributed by atoms with Crippen molar-refractivity contribution in [1.29, 1.82) is 0 Å². The summed E-state index contributed by atoms with van der Waals surface area (Å²) in [5.74, 6) is -1.17. The van der Waals surface area contributed by atoms with Crippen LogP contribution in [0.4, 0.5) is 5.69 Å². The predicted octanol–water partition coefficient (Wildman–Crippen LogP) is 1.97. The minimum Gasteiger partial charge on any atom is -0.345 e. The Morgan fingerprint density at radius 2 is 2.00 bits per heavy atom. The van der Waals surface area contributed by atoms with Gasteiger partial charge in [-0.25, -0.2) is 0 Å². The fraction of sp³-hybridized carbons (Fsp3) is 0.333. The van der Waals surface area contributed by atoms with Gasteiger partial charge in [-0.15, -0.1) is 0 Å². The Bertz CT molecular complexity index is 470. The third-order valence-electron chi connectivity index (χ3n) is 2.53. The molecular formula is C12H13BrN2O2. The molecule has 0 unspecified atom stereocenters. The molecule has 1 aromatic rings. The lowest BCUT2D eigenvalue weighted by molar-refractivity contribution is -0.136. The Labute approximate surface area is 108 Å². The number of hydrogen-bond acceptors (Lipinski definition) is 2. The van der Waals surface area contributed by atoms with Crippen molar-refractivity contribution in [1.82, 2.24) is 5.32 Å². The van der Waals surface area contributed by atoms with Gasteiger partial charge in [-0.2, -0.15) is 0 Å². The van der Waals surface area contributed by atoms with Crippen LogP contribution in [-0.4, -0.2) is 17.9 Å². The molecule has 1 saturated carbocycles. The number of benzene rings is 1. The first-order valence-corrected chi connectivity index (χ1v) is 6.23. The van der Waals surface area contributed by atoms with E-state index in [1.807, 2.05) is 19.1 Å². The molecule has 1 aromatic carbocycles. The van der Waals surface area contributed by atoms with Crippen molar-refractivity contribution in [2.24, 2.45) is 0 Å². The molecule has 1 fully saturated rings. The smallest absolute Gasteiger partial charge is 0.313 e. The number of rotatable bonds is 2. The van der Waals surface area contributed by atoms with Gasteiger partial charge in [0, 0.05) is 16.2 Å². The highest BCUT2D eigenvalue weighted by atomic mass is 79.9. The fourth-order valence-electron chi connectivity index (χ4n) is 1.39. The highest BCUT2D eigenvalue weighted by Crippen LogP contribution is 2.20. The molecule has 2 N–H and O–H groups in total. The van der Waals surface area contributed by atoms with E-state index >= 15 is 0 Å². The maximum Gasteiger partial charge on any atom is 0.313 e. The number of halogens is 1. The van der Waals surface area contributed by atoms with Crippen LogP contribution in [0.5, 0.6) is 0 Å². The summed E-state index contributed by atoms with van der Waals surface area (Å²) in [6.07, 6.45) is 1.94. The molecule has 0 aliphatic heterocycles. The van der Waals surface area contributed by atoms with E-state index in [4.69, 9.17) is 0 Å². The Morgan fingerprint density at radius 3 is 2.59 bits per heavy atom. The average molecular weight is 297 g/mol. The Balaban J connectivity index is 1.96. The molecule has 1 aliphatic rings. The first-order valence-electron chi connectivity index (χ1n) is 5.44. The number of anilines is 1. The highest BCUT2D eigenvalue weighted by Gasteiger charge is 2.26. The normalized spacial score (nSPS) is 14.2. The molecule has 0 aromatic heterocycles.